The van der Waals surface area contributed by atoms with Gasteiger partial charge in [0, 0.05) is 18.8 Å². The van der Waals surface area contributed by atoms with Gasteiger partial charge in [0.05, 0.1) is 13.2 Å². The molecule has 1 aliphatic rings. The Labute approximate surface area is 143 Å². The SMILES string of the molecule is COc1ccc2c(c1)CCC[C@H]2CC(=O)N[C@H](C)c1cccnc1. The molecule has 2 atom stereocenters. The van der Waals surface area contributed by atoms with E-state index in [0.29, 0.717) is 12.3 Å². The van der Waals surface area contributed by atoms with E-state index in [1.54, 1.807) is 19.5 Å². The Morgan fingerprint density at radius 3 is 3.04 bits per heavy atom. The van der Waals surface area contributed by atoms with E-state index < -0.39 is 0 Å². The van der Waals surface area contributed by atoms with Crippen molar-refractivity contribution in [3.8, 4) is 5.75 Å². The van der Waals surface area contributed by atoms with E-state index in [0.717, 1.165) is 30.6 Å². The number of ether oxygens (including phenoxy) is 1. The Morgan fingerprint density at radius 2 is 2.29 bits per heavy atom. The maximum absolute atomic E-state index is 12.5. The number of hydrogen-bond donors (Lipinski definition) is 1. The lowest BCUT2D eigenvalue weighted by Crippen LogP contribution is -2.28. The third-order valence-corrected chi connectivity index (χ3v) is 4.78. The van der Waals surface area contributed by atoms with Crippen molar-refractivity contribution in [3.63, 3.8) is 0 Å². The van der Waals surface area contributed by atoms with Gasteiger partial charge in [-0.1, -0.05) is 12.1 Å². The van der Waals surface area contributed by atoms with Crippen LogP contribution in [0.1, 0.15) is 54.8 Å². The molecule has 1 heterocycles. The minimum absolute atomic E-state index is 0.0230. The first-order valence-electron chi connectivity index (χ1n) is 8.53. The summed E-state index contributed by atoms with van der Waals surface area (Å²) in [4.78, 5) is 16.6. The zero-order chi connectivity index (χ0) is 16.9. The Kier molecular flexibility index (Phi) is 5.14. The number of aryl methyl sites for hydroxylation is 1. The summed E-state index contributed by atoms with van der Waals surface area (Å²) in [7, 11) is 1.69. The molecule has 3 rings (SSSR count). The first kappa shape index (κ1) is 16.5. The van der Waals surface area contributed by atoms with Crippen LogP contribution in [0.5, 0.6) is 5.75 Å². The molecule has 2 aromatic rings. The molecule has 4 nitrogen and oxygen atoms in total. The number of fused-ring (bicyclic) bond motifs is 1. The van der Waals surface area contributed by atoms with E-state index in [2.05, 4.69) is 22.4 Å². The van der Waals surface area contributed by atoms with E-state index in [1.165, 1.54) is 11.1 Å². The van der Waals surface area contributed by atoms with E-state index >= 15 is 0 Å². The number of rotatable bonds is 5. The summed E-state index contributed by atoms with van der Waals surface area (Å²) < 4.78 is 5.31. The molecule has 1 amide bonds. The molecule has 1 N–H and O–H groups in total. The third kappa shape index (κ3) is 3.75. The fraction of sp³-hybridized carbons (Fsp3) is 0.400. The number of carbonyl (C=O) groups is 1. The highest BCUT2D eigenvalue weighted by Crippen LogP contribution is 2.35. The molecule has 0 radical (unpaired) electrons. The minimum Gasteiger partial charge on any atom is -0.497 e. The Balaban J connectivity index is 1.65. The van der Waals surface area contributed by atoms with Gasteiger partial charge in [-0.2, -0.15) is 0 Å². The highest BCUT2D eigenvalue weighted by Gasteiger charge is 2.23. The van der Waals surface area contributed by atoms with Crippen LogP contribution >= 0.6 is 0 Å². The van der Waals surface area contributed by atoms with Crippen LogP contribution in [0.3, 0.4) is 0 Å². The first-order chi connectivity index (χ1) is 11.7. The van der Waals surface area contributed by atoms with E-state index in [1.807, 2.05) is 25.1 Å². The van der Waals surface area contributed by atoms with E-state index in [-0.39, 0.29) is 11.9 Å². The van der Waals surface area contributed by atoms with Crippen molar-refractivity contribution in [1.29, 1.82) is 0 Å². The van der Waals surface area contributed by atoms with Gasteiger partial charge < -0.3 is 10.1 Å². The van der Waals surface area contributed by atoms with Crippen LogP contribution < -0.4 is 10.1 Å². The van der Waals surface area contributed by atoms with E-state index in [4.69, 9.17) is 4.74 Å². The lowest BCUT2D eigenvalue weighted by Gasteiger charge is -2.26. The zero-order valence-corrected chi connectivity index (χ0v) is 14.3. The van der Waals surface area contributed by atoms with Gasteiger partial charge in [-0.05, 0) is 67.0 Å². The molecule has 0 spiro atoms. The summed E-state index contributed by atoms with van der Waals surface area (Å²) in [6, 6.07) is 10.1. The molecule has 24 heavy (non-hydrogen) atoms. The van der Waals surface area contributed by atoms with Crippen LogP contribution in [0.25, 0.3) is 0 Å². The Bertz CT molecular complexity index is 700. The lowest BCUT2D eigenvalue weighted by atomic mass is 9.81. The molecule has 126 valence electrons. The smallest absolute Gasteiger partial charge is 0.221 e. The zero-order valence-electron chi connectivity index (χ0n) is 14.3. The van der Waals surface area contributed by atoms with Crippen LogP contribution in [0.2, 0.25) is 0 Å². The van der Waals surface area contributed by atoms with Crippen LogP contribution in [0.15, 0.2) is 42.7 Å². The second-order valence-electron chi connectivity index (χ2n) is 6.43. The quantitative estimate of drug-likeness (QED) is 0.910. The Morgan fingerprint density at radius 1 is 1.42 bits per heavy atom. The summed E-state index contributed by atoms with van der Waals surface area (Å²) in [6.45, 7) is 1.99. The molecule has 0 aliphatic heterocycles. The number of carbonyl (C=O) groups excluding carboxylic acids is 1. The second-order valence-corrected chi connectivity index (χ2v) is 6.43. The molecular formula is C20H24N2O2. The third-order valence-electron chi connectivity index (χ3n) is 4.78. The van der Waals surface area contributed by atoms with Gasteiger partial charge in [-0.15, -0.1) is 0 Å². The number of nitrogens with one attached hydrogen (secondary N) is 1. The summed E-state index contributed by atoms with van der Waals surface area (Å²) in [5.41, 5.74) is 3.64. The minimum atomic E-state index is -0.0230. The number of amides is 1. The van der Waals surface area contributed by atoms with Gasteiger partial charge in [0.1, 0.15) is 5.75 Å². The van der Waals surface area contributed by atoms with Gasteiger partial charge in [0.15, 0.2) is 0 Å². The fourth-order valence-corrected chi connectivity index (χ4v) is 3.47. The number of nitrogens with zero attached hydrogens (tertiary/aromatic N) is 1. The largest absolute Gasteiger partial charge is 0.497 e. The molecular weight excluding hydrogens is 300 g/mol. The Hall–Kier alpha value is -2.36. The van der Waals surface area contributed by atoms with Crippen molar-refractivity contribution >= 4 is 5.91 Å². The number of aromatic nitrogens is 1. The van der Waals surface area contributed by atoms with Crippen LogP contribution in [0.4, 0.5) is 0 Å². The molecule has 0 fully saturated rings. The number of benzene rings is 1. The monoisotopic (exact) mass is 324 g/mol. The average molecular weight is 324 g/mol. The average Bonchev–Trinajstić information content (AvgIpc) is 2.62. The van der Waals surface area contributed by atoms with Gasteiger partial charge in [0.2, 0.25) is 5.91 Å². The number of pyridine rings is 1. The normalized spacial score (nSPS) is 17.7. The van der Waals surface area contributed by atoms with Crippen LogP contribution in [0, 0.1) is 0 Å². The first-order valence-corrected chi connectivity index (χ1v) is 8.53. The van der Waals surface area contributed by atoms with E-state index in [9.17, 15) is 4.79 Å². The van der Waals surface area contributed by atoms with Crippen molar-refractivity contribution in [2.24, 2.45) is 0 Å². The predicted molar refractivity (Wildman–Crippen MR) is 94.1 cm³/mol. The summed E-state index contributed by atoms with van der Waals surface area (Å²) in [6.07, 6.45) is 7.32. The molecule has 0 unspecified atom stereocenters. The lowest BCUT2D eigenvalue weighted by molar-refractivity contribution is -0.122. The number of hydrogen-bond acceptors (Lipinski definition) is 3. The summed E-state index contributed by atoms with van der Waals surface area (Å²) >= 11 is 0. The molecule has 0 saturated heterocycles. The van der Waals surface area contributed by atoms with Crippen molar-refractivity contribution in [3.05, 3.63) is 59.4 Å². The molecule has 1 aromatic carbocycles. The maximum atomic E-state index is 12.5. The standard InChI is InChI=1S/C20H24N2O2/c1-14(17-7-4-10-21-13-17)22-20(23)12-16-6-3-5-15-11-18(24-2)8-9-19(15)16/h4,7-11,13-14,16H,3,5-6,12H2,1-2H3,(H,22,23)/t14-,16+/m1/s1. The number of methoxy groups -OCH3 is 1. The van der Waals surface area contributed by atoms with Crippen LogP contribution in [-0.2, 0) is 11.2 Å². The van der Waals surface area contributed by atoms with Crippen molar-refractivity contribution in [2.75, 3.05) is 7.11 Å². The molecule has 1 aliphatic carbocycles. The predicted octanol–water partition coefficient (Wildman–Crippen LogP) is 3.78. The fourth-order valence-electron chi connectivity index (χ4n) is 3.47. The van der Waals surface area contributed by atoms with Gasteiger partial charge in [-0.25, -0.2) is 0 Å². The van der Waals surface area contributed by atoms with Crippen molar-refractivity contribution < 1.29 is 9.53 Å². The molecule has 0 saturated carbocycles. The summed E-state index contributed by atoms with van der Waals surface area (Å²) in [5, 5.41) is 3.09. The summed E-state index contributed by atoms with van der Waals surface area (Å²) in [5.74, 6) is 1.28. The van der Waals surface area contributed by atoms with Crippen LogP contribution in [-0.4, -0.2) is 18.0 Å². The van der Waals surface area contributed by atoms with Crippen molar-refractivity contribution in [2.45, 2.75) is 44.6 Å². The van der Waals surface area contributed by atoms with Crippen molar-refractivity contribution in [1.82, 2.24) is 10.3 Å². The van der Waals surface area contributed by atoms with Gasteiger partial charge in [-0.3, -0.25) is 9.78 Å². The van der Waals surface area contributed by atoms with Gasteiger partial charge in [0.25, 0.3) is 0 Å². The van der Waals surface area contributed by atoms with Gasteiger partial charge >= 0.3 is 0 Å². The highest BCUT2D eigenvalue weighted by atomic mass is 16.5. The molecule has 0 bridgehead atoms. The highest BCUT2D eigenvalue weighted by molar-refractivity contribution is 5.77. The second kappa shape index (κ2) is 7.47. The maximum Gasteiger partial charge on any atom is 0.221 e. The topological polar surface area (TPSA) is 51.2 Å². The molecule has 1 aromatic heterocycles. The molecule has 4 heteroatoms.